The zero-order chi connectivity index (χ0) is 11.7. The SMILES string of the molecule is CC1CCCC1C(=O)N1CCC[C@@H]1C(=O)O. The zero-order valence-corrected chi connectivity index (χ0v) is 9.69. The number of hydrogen-bond acceptors (Lipinski definition) is 2. The fourth-order valence-corrected chi connectivity index (χ4v) is 3.01. The smallest absolute Gasteiger partial charge is 0.326 e. The Bertz CT molecular complexity index is 303. The van der Waals surface area contributed by atoms with Gasteiger partial charge in [0, 0.05) is 12.5 Å². The second-order valence-electron chi connectivity index (χ2n) is 5.04. The van der Waals surface area contributed by atoms with Gasteiger partial charge < -0.3 is 10.0 Å². The van der Waals surface area contributed by atoms with Gasteiger partial charge in [0.25, 0.3) is 0 Å². The first-order chi connectivity index (χ1) is 7.61. The van der Waals surface area contributed by atoms with Gasteiger partial charge in [-0.3, -0.25) is 4.79 Å². The number of carbonyl (C=O) groups excluding carboxylic acids is 1. The maximum atomic E-state index is 12.2. The molecule has 0 aromatic heterocycles. The summed E-state index contributed by atoms with van der Waals surface area (Å²) >= 11 is 0. The highest BCUT2D eigenvalue weighted by Crippen LogP contribution is 2.34. The topological polar surface area (TPSA) is 57.6 Å². The van der Waals surface area contributed by atoms with Gasteiger partial charge in [0.05, 0.1) is 0 Å². The summed E-state index contributed by atoms with van der Waals surface area (Å²) in [4.78, 5) is 24.8. The average molecular weight is 225 g/mol. The van der Waals surface area contributed by atoms with Crippen molar-refractivity contribution in [3.05, 3.63) is 0 Å². The molecule has 2 rings (SSSR count). The van der Waals surface area contributed by atoms with Crippen LogP contribution < -0.4 is 0 Å². The summed E-state index contributed by atoms with van der Waals surface area (Å²) in [6.07, 6.45) is 4.57. The Morgan fingerprint density at radius 1 is 1.19 bits per heavy atom. The number of likely N-dealkylation sites (tertiary alicyclic amines) is 1. The fourth-order valence-electron chi connectivity index (χ4n) is 3.01. The number of aliphatic carboxylic acids is 1. The lowest BCUT2D eigenvalue weighted by molar-refractivity contribution is -0.150. The Balaban J connectivity index is 2.06. The minimum absolute atomic E-state index is 0.0694. The van der Waals surface area contributed by atoms with Crippen LogP contribution in [0.15, 0.2) is 0 Å². The van der Waals surface area contributed by atoms with Crippen molar-refractivity contribution in [1.29, 1.82) is 0 Å². The number of nitrogens with zero attached hydrogens (tertiary/aromatic N) is 1. The van der Waals surface area contributed by atoms with E-state index in [1.165, 1.54) is 0 Å². The van der Waals surface area contributed by atoms with E-state index < -0.39 is 12.0 Å². The van der Waals surface area contributed by atoms with Crippen molar-refractivity contribution < 1.29 is 14.7 Å². The minimum atomic E-state index is -0.850. The summed E-state index contributed by atoms with van der Waals surface area (Å²) in [5.41, 5.74) is 0. The second kappa shape index (κ2) is 4.44. The van der Waals surface area contributed by atoms with Gasteiger partial charge in [-0.05, 0) is 31.6 Å². The molecular weight excluding hydrogens is 206 g/mol. The molecule has 2 aliphatic rings. The number of carbonyl (C=O) groups is 2. The van der Waals surface area contributed by atoms with E-state index in [-0.39, 0.29) is 11.8 Å². The third-order valence-corrected chi connectivity index (χ3v) is 4.00. The van der Waals surface area contributed by atoms with E-state index in [1.807, 2.05) is 0 Å². The summed E-state index contributed by atoms with van der Waals surface area (Å²) in [7, 11) is 0. The van der Waals surface area contributed by atoms with E-state index in [0.29, 0.717) is 18.9 Å². The molecule has 0 radical (unpaired) electrons. The number of carboxylic acid groups (broad SMARTS) is 1. The number of hydrogen-bond donors (Lipinski definition) is 1. The van der Waals surface area contributed by atoms with Crippen LogP contribution in [-0.4, -0.2) is 34.5 Å². The molecule has 1 aliphatic carbocycles. The van der Waals surface area contributed by atoms with Crippen LogP contribution in [0.5, 0.6) is 0 Å². The van der Waals surface area contributed by atoms with Crippen molar-refractivity contribution in [2.75, 3.05) is 6.54 Å². The summed E-state index contributed by atoms with van der Waals surface area (Å²) in [5.74, 6) is -0.283. The normalized spacial score (nSPS) is 34.3. The lowest BCUT2D eigenvalue weighted by Gasteiger charge is -2.26. The maximum absolute atomic E-state index is 12.2. The van der Waals surface area contributed by atoms with E-state index in [1.54, 1.807) is 4.90 Å². The van der Waals surface area contributed by atoms with Gasteiger partial charge in [0.2, 0.25) is 5.91 Å². The molecule has 1 aliphatic heterocycles. The second-order valence-corrected chi connectivity index (χ2v) is 5.04. The van der Waals surface area contributed by atoms with Crippen LogP contribution in [0.4, 0.5) is 0 Å². The molecule has 2 unspecified atom stereocenters. The number of carboxylic acids is 1. The molecule has 1 saturated heterocycles. The average Bonchev–Trinajstić information content (AvgIpc) is 2.84. The summed E-state index contributed by atoms with van der Waals surface area (Å²) in [6, 6.07) is -0.569. The summed E-state index contributed by atoms with van der Waals surface area (Å²) in [5, 5.41) is 9.05. The van der Waals surface area contributed by atoms with E-state index in [4.69, 9.17) is 5.11 Å². The van der Waals surface area contributed by atoms with Crippen LogP contribution >= 0.6 is 0 Å². The van der Waals surface area contributed by atoms with Crippen LogP contribution in [-0.2, 0) is 9.59 Å². The van der Waals surface area contributed by atoms with Crippen molar-refractivity contribution in [2.24, 2.45) is 11.8 Å². The Labute approximate surface area is 95.6 Å². The minimum Gasteiger partial charge on any atom is -0.480 e. The quantitative estimate of drug-likeness (QED) is 0.774. The lowest BCUT2D eigenvalue weighted by Crippen LogP contribution is -2.44. The lowest BCUT2D eigenvalue weighted by atomic mass is 9.96. The van der Waals surface area contributed by atoms with E-state index in [0.717, 1.165) is 25.7 Å². The molecule has 0 bridgehead atoms. The highest BCUT2D eigenvalue weighted by atomic mass is 16.4. The van der Waals surface area contributed by atoms with Crippen LogP contribution in [0.1, 0.15) is 39.0 Å². The Kier molecular flexibility index (Phi) is 3.17. The molecule has 2 fully saturated rings. The molecule has 4 heteroatoms. The number of amides is 1. The fraction of sp³-hybridized carbons (Fsp3) is 0.833. The molecule has 0 aromatic carbocycles. The van der Waals surface area contributed by atoms with Gasteiger partial charge in [0.1, 0.15) is 6.04 Å². The van der Waals surface area contributed by atoms with Crippen molar-refractivity contribution in [1.82, 2.24) is 4.90 Å². The van der Waals surface area contributed by atoms with Crippen molar-refractivity contribution in [3.63, 3.8) is 0 Å². The van der Waals surface area contributed by atoms with E-state index in [2.05, 4.69) is 6.92 Å². The Morgan fingerprint density at radius 3 is 2.50 bits per heavy atom. The van der Waals surface area contributed by atoms with Crippen LogP contribution in [0.3, 0.4) is 0 Å². The van der Waals surface area contributed by atoms with E-state index in [9.17, 15) is 9.59 Å². The van der Waals surface area contributed by atoms with Gasteiger partial charge in [-0.15, -0.1) is 0 Å². The maximum Gasteiger partial charge on any atom is 0.326 e. The molecule has 90 valence electrons. The predicted octanol–water partition coefficient (Wildman–Crippen LogP) is 1.50. The third kappa shape index (κ3) is 1.93. The Hall–Kier alpha value is -1.06. The highest BCUT2D eigenvalue weighted by Gasteiger charge is 2.39. The molecule has 1 N–H and O–H groups in total. The largest absolute Gasteiger partial charge is 0.480 e. The monoisotopic (exact) mass is 225 g/mol. The highest BCUT2D eigenvalue weighted by molar-refractivity contribution is 5.86. The predicted molar refractivity (Wildman–Crippen MR) is 58.9 cm³/mol. The van der Waals surface area contributed by atoms with Crippen molar-refractivity contribution in [2.45, 2.75) is 45.1 Å². The molecular formula is C12H19NO3. The van der Waals surface area contributed by atoms with Gasteiger partial charge in [-0.1, -0.05) is 13.3 Å². The van der Waals surface area contributed by atoms with Crippen LogP contribution in [0.2, 0.25) is 0 Å². The molecule has 16 heavy (non-hydrogen) atoms. The van der Waals surface area contributed by atoms with Crippen molar-refractivity contribution in [3.8, 4) is 0 Å². The molecule has 4 nitrogen and oxygen atoms in total. The summed E-state index contributed by atoms with van der Waals surface area (Å²) in [6.45, 7) is 2.72. The van der Waals surface area contributed by atoms with Gasteiger partial charge in [-0.25, -0.2) is 4.79 Å². The first-order valence-electron chi connectivity index (χ1n) is 6.14. The molecule has 0 spiro atoms. The molecule has 1 amide bonds. The molecule has 1 heterocycles. The zero-order valence-electron chi connectivity index (χ0n) is 9.69. The Morgan fingerprint density at radius 2 is 1.94 bits per heavy atom. The first kappa shape index (κ1) is 11.4. The van der Waals surface area contributed by atoms with Crippen LogP contribution in [0, 0.1) is 11.8 Å². The van der Waals surface area contributed by atoms with E-state index >= 15 is 0 Å². The summed E-state index contributed by atoms with van der Waals surface area (Å²) < 4.78 is 0. The van der Waals surface area contributed by atoms with Gasteiger partial charge in [0.15, 0.2) is 0 Å². The first-order valence-corrected chi connectivity index (χ1v) is 6.14. The standard InChI is InChI=1S/C12H19NO3/c1-8-4-2-5-9(8)11(14)13-7-3-6-10(13)12(15)16/h8-10H,2-7H2,1H3,(H,15,16)/t8?,9?,10-/m1/s1. The van der Waals surface area contributed by atoms with Crippen LogP contribution in [0.25, 0.3) is 0 Å². The molecule has 0 aromatic rings. The van der Waals surface area contributed by atoms with Gasteiger partial charge in [-0.2, -0.15) is 0 Å². The molecule has 1 saturated carbocycles. The number of rotatable bonds is 2. The van der Waals surface area contributed by atoms with Gasteiger partial charge >= 0.3 is 5.97 Å². The molecule has 3 atom stereocenters. The van der Waals surface area contributed by atoms with Crippen molar-refractivity contribution >= 4 is 11.9 Å². The third-order valence-electron chi connectivity index (χ3n) is 4.00.